The Morgan fingerprint density at radius 3 is 3.00 bits per heavy atom. The molecule has 0 amide bonds. The summed E-state index contributed by atoms with van der Waals surface area (Å²) in [7, 11) is 0. The second-order valence-corrected chi connectivity index (χ2v) is 3.60. The lowest BCUT2D eigenvalue weighted by atomic mass is 10.3. The fourth-order valence-corrected chi connectivity index (χ4v) is 1.67. The predicted molar refractivity (Wildman–Crippen MR) is 63.6 cm³/mol. The monoisotopic (exact) mass is 228 g/mol. The van der Waals surface area contributed by atoms with Crippen LogP contribution in [0.1, 0.15) is 0 Å². The highest BCUT2D eigenvalue weighted by molar-refractivity contribution is 5.88. The molecule has 0 saturated heterocycles. The molecule has 84 valence electrons. The molecule has 0 bridgehead atoms. The Morgan fingerprint density at radius 1 is 1.18 bits per heavy atom. The minimum atomic E-state index is -0.283. The number of aromatic nitrogens is 3. The third-order valence-electron chi connectivity index (χ3n) is 2.44. The minimum absolute atomic E-state index is 0.283. The molecular formula is C12H9FN4. The number of hydrogen-bond donors (Lipinski definition) is 2. The van der Waals surface area contributed by atoms with Gasteiger partial charge in [-0.25, -0.2) is 14.4 Å². The highest BCUT2D eigenvalue weighted by atomic mass is 19.1. The molecule has 1 aromatic carbocycles. The average molecular weight is 228 g/mol. The molecule has 0 fully saturated rings. The first kappa shape index (κ1) is 9.77. The minimum Gasteiger partial charge on any atom is -0.346 e. The molecule has 3 aromatic rings. The van der Waals surface area contributed by atoms with Gasteiger partial charge >= 0.3 is 0 Å². The van der Waals surface area contributed by atoms with Gasteiger partial charge in [0.1, 0.15) is 23.6 Å². The molecule has 17 heavy (non-hydrogen) atoms. The number of benzene rings is 1. The maximum atomic E-state index is 13.0. The Morgan fingerprint density at radius 2 is 2.12 bits per heavy atom. The number of H-pyrrole nitrogens is 1. The average Bonchev–Trinajstić information content (AvgIpc) is 2.78. The van der Waals surface area contributed by atoms with E-state index in [0.29, 0.717) is 11.5 Å². The van der Waals surface area contributed by atoms with Gasteiger partial charge in [0.25, 0.3) is 0 Å². The molecule has 0 aliphatic rings. The van der Waals surface area contributed by atoms with E-state index in [-0.39, 0.29) is 5.82 Å². The van der Waals surface area contributed by atoms with E-state index in [2.05, 4.69) is 20.3 Å². The Bertz CT molecular complexity index is 662. The Hall–Kier alpha value is -2.43. The van der Waals surface area contributed by atoms with E-state index in [4.69, 9.17) is 0 Å². The van der Waals surface area contributed by atoms with Crippen LogP contribution in [-0.2, 0) is 0 Å². The van der Waals surface area contributed by atoms with Crippen LogP contribution < -0.4 is 5.32 Å². The summed E-state index contributed by atoms with van der Waals surface area (Å²) >= 11 is 0. The molecule has 0 saturated carbocycles. The second-order valence-electron chi connectivity index (χ2n) is 3.60. The van der Waals surface area contributed by atoms with Crippen molar-refractivity contribution >= 4 is 22.5 Å². The summed E-state index contributed by atoms with van der Waals surface area (Å²) in [5.41, 5.74) is 1.41. The number of nitrogens with zero attached hydrogens (tertiary/aromatic N) is 2. The molecule has 0 aliphatic heterocycles. The van der Waals surface area contributed by atoms with Crippen molar-refractivity contribution in [2.24, 2.45) is 0 Å². The van der Waals surface area contributed by atoms with Crippen molar-refractivity contribution in [3.05, 3.63) is 48.7 Å². The van der Waals surface area contributed by atoms with E-state index in [9.17, 15) is 4.39 Å². The third-order valence-corrected chi connectivity index (χ3v) is 2.44. The van der Waals surface area contributed by atoms with Gasteiger partial charge in [-0.05, 0) is 24.3 Å². The van der Waals surface area contributed by atoms with E-state index >= 15 is 0 Å². The number of anilines is 2. The van der Waals surface area contributed by atoms with Crippen molar-refractivity contribution < 1.29 is 4.39 Å². The van der Waals surface area contributed by atoms with Gasteiger partial charge in [-0.1, -0.05) is 6.07 Å². The Kier molecular flexibility index (Phi) is 2.22. The largest absolute Gasteiger partial charge is 0.346 e. The normalized spacial score (nSPS) is 10.6. The van der Waals surface area contributed by atoms with Crippen LogP contribution in [0, 0.1) is 5.82 Å². The number of nitrogens with one attached hydrogen (secondary N) is 2. The standard InChI is InChI=1S/C12H9FN4/c13-8-2-1-3-9(6-8)17-12-10-4-5-14-11(10)15-7-16-12/h1-7H,(H2,14,15,16,17). The highest BCUT2D eigenvalue weighted by Crippen LogP contribution is 2.22. The molecule has 0 unspecified atom stereocenters. The number of fused-ring (bicyclic) bond motifs is 1. The van der Waals surface area contributed by atoms with E-state index in [1.807, 2.05) is 6.07 Å². The predicted octanol–water partition coefficient (Wildman–Crippen LogP) is 2.84. The zero-order valence-corrected chi connectivity index (χ0v) is 8.81. The molecule has 2 heterocycles. The fourth-order valence-electron chi connectivity index (χ4n) is 1.67. The highest BCUT2D eigenvalue weighted by Gasteiger charge is 2.04. The lowest BCUT2D eigenvalue weighted by Crippen LogP contribution is -1.95. The molecule has 0 atom stereocenters. The lowest BCUT2D eigenvalue weighted by Gasteiger charge is -2.05. The van der Waals surface area contributed by atoms with Crippen LogP contribution in [0.25, 0.3) is 11.0 Å². The maximum absolute atomic E-state index is 13.0. The van der Waals surface area contributed by atoms with Gasteiger partial charge in [-0.15, -0.1) is 0 Å². The summed E-state index contributed by atoms with van der Waals surface area (Å²) in [6, 6.07) is 8.12. The smallest absolute Gasteiger partial charge is 0.143 e. The second kappa shape index (κ2) is 3.86. The van der Waals surface area contributed by atoms with Crippen molar-refractivity contribution in [2.75, 3.05) is 5.32 Å². The Labute approximate surface area is 96.5 Å². The van der Waals surface area contributed by atoms with Crippen LogP contribution in [0.2, 0.25) is 0 Å². The number of halogens is 1. The van der Waals surface area contributed by atoms with Crippen molar-refractivity contribution in [1.29, 1.82) is 0 Å². The number of rotatable bonds is 2. The quantitative estimate of drug-likeness (QED) is 0.709. The zero-order valence-electron chi connectivity index (χ0n) is 8.81. The first-order valence-corrected chi connectivity index (χ1v) is 5.13. The zero-order chi connectivity index (χ0) is 11.7. The van der Waals surface area contributed by atoms with Crippen LogP contribution in [0.3, 0.4) is 0 Å². The molecule has 0 radical (unpaired) electrons. The maximum Gasteiger partial charge on any atom is 0.143 e. The van der Waals surface area contributed by atoms with Crippen molar-refractivity contribution in [3.63, 3.8) is 0 Å². The van der Waals surface area contributed by atoms with E-state index in [1.165, 1.54) is 18.5 Å². The number of aromatic amines is 1. The molecule has 5 heteroatoms. The molecule has 2 N–H and O–H groups in total. The first-order valence-electron chi connectivity index (χ1n) is 5.13. The SMILES string of the molecule is Fc1cccc(Nc2ncnc3[nH]ccc23)c1. The van der Waals surface area contributed by atoms with Crippen LogP contribution in [0.4, 0.5) is 15.9 Å². The summed E-state index contributed by atoms with van der Waals surface area (Å²) in [5.74, 6) is 0.371. The van der Waals surface area contributed by atoms with Gasteiger partial charge in [-0.3, -0.25) is 0 Å². The van der Waals surface area contributed by atoms with Crippen LogP contribution >= 0.6 is 0 Å². The Balaban J connectivity index is 2.02. The van der Waals surface area contributed by atoms with Crippen LogP contribution in [0.15, 0.2) is 42.9 Å². The molecule has 4 nitrogen and oxygen atoms in total. The van der Waals surface area contributed by atoms with E-state index < -0.39 is 0 Å². The van der Waals surface area contributed by atoms with Gasteiger partial charge in [0.2, 0.25) is 0 Å². The van der Waals surface area contributed by atoms with Crippen molar-refractivity contribution in [2.45, 2.75) is 0 Å². The summed E-state index contributed by atoms with van der Waals surface area (Å²) in [5, 5.41) is 3.93. The molecule has 3 rings (SSSR count). The topological polar surface area (TPSA) is 53.6 Å². The van der Waals surface area contributed by atoms with Gasteiger partial charge in [0.15, 0.2) is 0 Å². The van der Waals surface area contributed by atoms with Crippen molar-refractivity contribution in [3.8, 4) is 0 Å². The first-order chi connectivity index (χ1) is 8.33. The fraction of sp³-hybridized carbons (Fsp3) is 0. The molecule has 2 aromatic heterocycles. The summed E-state index contributed by atoms with van der Waals surface area (Å²) < 4.78 is 13.0. The van der Waals surface area contributed by atoms with Gasteiger partial charge < -0.3 is 10.3 Å². The van der Waals surface area contributed by atoms with E-state index in [1.54, 1.807) is 18.3 Å². The van der Waals surface area contributed by atoms with Gasteiger partial charge in [0, 0.05) is 11.9 Å². The summed E-state index contributed by atoms with van der Waals surface area (Å²) in [4.78, 5) is 11.2. The summed E-state index contributed by atoms with van der Waals surface area (Å²) in [6.45, 7) is 0. The van der Waals surface area contributed by atoms with Crippen LogP contribution in [0.5, 0.6) is 0 Å². The summed E-state index contributed by atoms with van der Waals surface area (Å²) in [6.07, 6.45) is 3.25. The molecular weight excluding hydrogens is 219 g/mol. The third kappa shape index (κ3) is 1.82. The lowest BCUT2D eigenvalue weighted by molar-refractivity contribution is 0.628. The number of hydrogen-bond acceptors (Lipinski definition) is 3. The van der Waals surface area contributed by atoms with Crippen molar-refractivity contribution in [1.82, 2.24) is 15.0 Å². The molecule has 0 aliphatic carbocycles. The van der Waals surface area contributed by atoms with E-state index in [0.717, 1.165) is 11.0 Å². The van der Waals surface area contributed by atoms with Gasteiger partial charge in [0.05, 0.1) is 5.39 Å². The molecule has 0 spiro atoms. The van der Waals surface area contributed by atoms with Crippen LogP contribution in [-0.4, -0.2) is 15.0 Å². The van der Waals surface area contributed by atoms with Gasteiger partial charge in [-0.2, -0.15) is 0 Å².